The lowest BCUT2D eigenvalue weighted by Crippen LogP contribution is -2.47. The van der Waals surface area contributed by atoms with Gasteiger partial charge in [0.1, 0.15) is 11.9 Å². The van der Waals surface area contributed by atoms with Crippen LogP contribution in [0.15, 0.2) is 10.7 Å². The molecule has 1 heterocycles. The molecule has 0 amide bonds. The Morgan fingerprint density at radius 3 is 3.00 bits per heavy atom. The van der Waals surface area contributed by atoms with Gasteiger partial charge in [-0.25, -0.2) is 4.98 Å². The van der Waals surface area contributed by atoms with Gasteiger partial charge in [0.2, 0.25) is 0 Å². The van der Waals surface area contributed by atoms with Crippen LogP contribution in [0.3, 0.4) is 0 Å². The highest BCUT2D eigenvalue weighted by molar-refractivity contribution is 8.01. The molecule has 0 aliphatic rings. The van der Waals surface area contributed by atoms with Gasteiger partial charge < -0.3 is 10.5 Å². The van der Waals surface area contributed by atoms with E-state index in [4.69, 9.17) is 5.73 Å². The van der Waals surface area contributed by atoms with Crippen molar-refractivity contribution in [1.82, 2.24) is 9.36 Å². The number of ether oxygens (including phenoxy) is 1. The summed E-state index contributed by atoms with van der Waals surface area (Å²) in [6, 6.07) is 0. The Morgan fingerprint density at radius 2 is 2.50 bits per heavy atom. The van der Waals surface area contributed by atoms with Crippen LogP contribution in [0.2, 0.25) is 0 Å². The second-order valence-corrected chi connectivity index (χ2v) is 6.21. The number of nitrogens with zero attached hydrogens (tertiary/aromatic N) is 2. The first kappa shape index (κ1) is 13.4. The number of hydrogen-bond donors (Lipinski definition) is 1. The lowest BCUT2D eigenvalue weighted by molar-refractivity contribution is -0.146. The molecule has 0 aromatic carbocycles. The average molecular weight is 261 g/mol. The molecule has 0 saturated heterocycles. The van der Waals surface area contributed by atoms with Crippen LogP contribution in [0.25, 0.3) is 0 Å². The molecular weight excluding hydrogens is 246 g/mol. The molecule has 2 N–H and O–H groups in total. The van der Waals surface area contributed by atoms with Crippen molar-refractivity contribution < 1.29 is 9.53 Å². The maximum Gasteiger partial charge on any atom is 0.325 e. The Hall–Kier alpha value is -0.660. The lowest BCUT2D eigenvalue weighted by atomic mass is 9.98. The molecular formula is C9H15N3O2S2. The van der Waals surface area contributed by atoms with Crippen LogP contribution in [-0.4, -0.2) is 33.2 Å². The van der Waals surface area contributed by atoms with Crippen molar-refractivity contribution in [2.75, 3.05) is 7.11 Å². The number of carbonyl (C=O) groups excluding carboxylic acids is 1. The molecule has 0 aliphatic heterocycles. The third kappa shape index (κ3) is 3.73. The van der Waals surface area contributed by atoms with E-state index < -0.39 is 11.5 Å². The fraction of sp³-hybridized carbons (Fsp3) is 0.667. The van der Waals surface area contributed by atoms with Crippen LogP contribution in [-0.2, 0) is 9.53 Å². The van der Waals surface area contributed by atoms with Crippen molar-refractivity contribution in [3.63, 3.8) is 0 Å². The molecule has 0 fully saturated rings. The van der Waals surface area contributed by atoms with E-state index in [1.54, 1.807) is 18.7 Å². The van der Waals surface area contributed by atoms with E-state index in [0.717, 1.165) is 4.34 Å². The minimum Gasteiger partial charge on any atom is -0.468 e. The molecule has 5 nitrogen and oxygen atoms in total. The third-order valence-electron chi connectivity index (χ3n) is 2.01. The van der Waals surface area contributed by atoms with Crippen LogP contribution in [0, 0.1) is 0 Å². The Kier molecular flexibility index (Phi) is 4.69. The fourth-order valence-corrected chi connectivity index (χ4v) is 3.30. The number of carbonyl (C=O) groups is 1. The zero-order valence-corrected chi connectivity index (χ0v) is 11.1. The summed E-state index contributed by atoms with van der Waals surface area (Å²) < 4.78 is 9.44. The molecule has 7 heteroatoms. The van der Waals surface area contributed by atoms with Gasteiger partial charge in [-0.15, -0.1) is 0 Å². The van der Waals surface area contributed by atoms with Crippen molar-refractivity contribution in [2.24, 2.45) is 5.73 Å². The van der Waals surface area contributed by atoms with Gasteiger partial charge in [-0.3, -0.25) is 4.79 Å². The molecule has 1 rings (SSSR count). The highest BCUT2D eigenvalue weighted by atomic mass is 32.2. The van der Waals surface area contributed by atoms with Crippen molar-refractivity contribution in [3.8, 4) is 0 Å². The molecule has 1 aromatic rings. The van der Waals surface area contributed by atoms with Gasteiger partial charge in [-0.1, -0.05) is 18.7 Å². The summed E-state index contributed by atoms with van der Waals surface area (Å²) in [5, 5.41) is 0.182. The minimum absolute atomic E-state index is 0.182. The smallest absolute Gasteiger partial charge is 0.325 e. The molecule has 0 aliphatic carbocycles. The van der Waals surface area contributed by atoms with E-state index in [2.05, 4.69) is 14.1 Å². The van der Waals surface area contributed by atoms with Crippen LogP contribution in [0.1, 0.15) is 20.3 Å². The number of methoxy groups -OCH3 is 1. The van der Waals surface area contributed by atoms with Gasteiger partial charge in [0, 0.05) is 5.25 Å². The summed E-state index contributed by atoms with van der Waals surface area (Å²) in [4.78, 5) is 15.5. The Labute approximate surface area is 103 Å². The Morgan fingerprint density at radius 1 is 1.81 bits per heavy atom. The zero-order chi connectivity index (χ0) is 12.2. The first-order chi connectivity index (χ1) is 7.45. The first-order valence-corrected chi connectivity index (χ1v) is 6.41. The SMILES string of the molecule is COC(=O)C(C)(N)CC(C)Sc1ncns1. The topological polar surface area (TPSA) is 78.1 Å². The molecule has 0 saturated carbocycles. The van der Waals surface area contributed by atoms with Gasteiger partial charge in [0.25, 0.3) is 0 Å². The molecule has 1 aromatic heterocycles. The van der Waals surface area contributed by atoms with Crippen LogP contribution in [0.4, 0.5) is 0 Å². The number of esters is 1. The Balaban J connectivity index is 2.50. The molecule has 0 radical (unpaired) electrons. The van der Waals surface area contributed by atoms with Crippen LogP contribution < -0.4 is 5.73 Å². The highest BCUT2D eigenvalue weighted by Crippen LogP contribution is 2.28. The predicted molar refractivity (Wildman–Crippen MR) is 64.5 cm³/mol. The standard InChI is InChI=1S/C9H15N3O2S2/c1-6(15-8-11-5-12-16-8)4-9(2,10)7(13)14-3/h5-6H,4,10H2,1-3H3. The van der Waals surface area contributed by atoms with E-state index >= 15 is 0 Å². The molecule has 2 atom stereocenters. The second kappa shape index (κ2) is 5.60. The second-order valence-electron chi connectivity index (χ2n) is 3.75. The van der Waals surface area contributed by atoms with Gasteiger partial charge in [-0.05, 0) is 24.9 Å². The fourth-order valence-electron chi connectivity index (χ4n) is 1.34. The maximum absolute atomic E-state index is 11.4. The van der Waals surface area contributed by atoms with Crippen LogP contribution in [0.5, 0.6) is 0 Å². The zero-order valence-electron chi connectivity index (χ0n) is 9.47. The quantitative estimate of drug-likeness (QED) is 0.636. The molecule has 2 unspecified atom stereocenters. The summed E-state index contributed by atoms with van der Waals surface area (Å²) in [6.07, 6.45) is 2.05. The molecule has 90 valence electrons. The predicted octanol–water partition coefficient (Wildman–Crippen LogP) is 1.30. The van der Waals surface area contributed by atoms with Crippen molar-refractivity contribution in [2.45, 2.75) is 35.4 Å². The van der Waals surface area contributed by atoms with Gasteiger partial charge in [0.05, 0.1) is 7.11 Å². The van der Waals surface area contributed by atoms with E-state index in [0.29, 0.717) is 6.42 Å². The van der Waals surface area contributed by atoms with Gasteiger partial charge >= 0.3 is 5.97 Å². The van der Waals surface area contributed by atoms with Crippen molar-refractivity contribution in [1.29, 1.82) is 0 Å². The third-order valence-corrected chi connectivity index (χ3v) is 3.86. The van der Waals surface area contributed by atoms with Crippen molar-refractivity contribution >= 4 is 29.3 Å². The molecule has 0 bridgehead atoms. The number of hydrogen-bond acceptors (Lipinski definition) is 7. The van der Waals surface area contributed by atoms with Gasteiger partial charge in [-0.2, -0.15) is 4.37 Å². The summed E-state index contributed by atoms with van der Waals surface area (Å²) in [6.45, 7) is 3.68. The largest absolute Gasteiger partial charge is 0.468 e. The summed E-state index contributed by atoms with van der Waals surface area (Å²) >= 11 is 2.90. The molecule has 0 spiro atoms. The normalized spacial score (nSPS) is 16.5. The molecule has 16 heavy (non-hydrogen) atoms. The lowest BCUT2D eigenvalue weighted by Gasteiger charge is -2.24. The van der Waals surface area contributed by atoms with Crippen molar-refractivity contribution in [3.05, 3.63) is 6.33 Å². The first-order valence-electron chi connectivity index (χ1n) is 4.76. The number of nitrogens with two attached hydrogens (primary N) is 1. The van der Waals surface area contributed by atoms with Crippen LogP contribution >= 0.6 is 23.3 Å². The average Bonchev–Trinajstić information content (AvgIpc) is 2.67. The monoisotopic (exact) mass is 261 g/mol. The highest BCUT2D eigenvalue weighted by Gasteiger charge is 2.31. The van der Waals surface area contributed by atoms with E-state index in [9.17, 15) is 4.79 Å². The number of aromatic nitrogens is 2. The minimum atomic E-state index is -0.953. The summed E-state index contributed by atoms with van der Waals surface area (Å²) in [7, 11) is 1.34. The Bertz CT molecular complexity index is 341. The van der Waals surface area contributed by atoms with E-state index in [1.807, 2.05) is 6.92 Å². The number of thioether (sulfide) groups is 1. The number of rotatable bonds is 5. The summed E-state index contributed by atoms with van der Waals surface area (Å²) in [5.74, 6) is -0.391. The van der Waals surface area contributed by atoms with E-state index in [-0.39, 0.29) is 5.25 Å². The maximum atomic E-state index is 11.4. The van der Waals surface area contributed by atoms with E-state index in [1.165, 1.54) is 25.0 Å². The summed E-state index contributed by atoms with van der Waals surface area (Å²) in [5.41, 5.74) is 4.93. The van der Waals surface area contributed by atoms with Gasteiger partial charge in [0.15, 0.2) is 4.34 Å².